The largest absolute Gasteiger partial charge is 0.497 e. The van der Waals surface area contributed by atoms with Gasteiger partial charge in [-0.3, -0.25) is 0 Å². The molecular formula is C34H39N7O5S. The zero-order valence-electron chi connectivity index (χ0n) is 27.7. The highest BCUT2D eigenvalue weighted by atomic mass is 32.2. The van der Waals surface area contributed by atoms with Crippen molar-refractivity contribution in [2.75, 3.05) is 35.5 Å². The van der Waals surface area contributed by atoms with E-state index in [1.807, 2.05) is 62.5 Å². The normalized spacial score (nSPS) is 12.4. The smallest absolute Gasteiger partial charge is 0.421 e. The van der Waals surface area contributed by atoms with Crippen molar-refractivity contribution in [2.45, 2.75) is 38.5 Å². The fourth-order valence-electron chi connectivity index (χ4n) is 4.87. The number of methoxy groups -OCH3 is 1. The van der Waals surface area contributed by atoms with Gasteiger partial charge in [0.15, 0.2) is 9.84 Å². The predicted molar refractivity (Wildman–Crippen MR) is 185 cm³/mol. The van der Waals surface area contributed by atoms with E-state index in [9.17, 15) is 13.2 Å². The maximum absolute atomic E-state index is 13.5. The summed E-state index contributed by atoms with van der Waals surface area (Å²) in [7, 11) is 2.13. The molecule has 1 N–H and O–H groups in total. The quantitative estimate of drug-likeness (QED) is 0.176. The number of hydrogen-bond acceptors (Lipinski definition) is 10. The van der Waals surface area contributed by atoms with E-state index in [1.165, 1.54) is 11.2 Å². The zero-order chi connectivity index (χ0) is 34.1. The fourth-order valence-corrected chi connectivity index (χ4v) is 5.52. The molecule has 0 aliphatic heterocycles. The molecule has 0 fully saturated rings. The first kappa shape index (κ1) is 33.2. The third kappa shape index (κ3) is 7.46. The van der Waals surface area contributed by atoms with Crippen LogP contribution in [0.4, 0.5) is 39.6 Å². The Hall–Kier alpha value is -5.17. The van der Waals surface area contributed by atoms with Crippen LogP contribution >= 0.6 is 0 Å². The number of nitrogens with zero attached hydrogens (tertiary/aromatic N) is 6. The van der Waals surface area contributed by atoms with Crippen LogP contribution in [0.5, 0.6) is 5.75 Å². The van der Waals surface area contributed by atoms with Crippen LogP contribution in [0, 0.1) is 0 Å². The second-order valence-corrected chi connectivity index (χ2v) is 14.5. The molecule has 12 nitrogen and oxygen atoms in total. The zero-order valence-corrected chi connectivity index (χ0v) is 28.5. The molecule has 1 amide bonds. The molecule has 0 radical (unpaired) electrons. The van der Waals surface area contributed by atoms with Crippen molar-refractivity contribution in [3.8, 4) is 5.75 Å². The molecule has 5 aromatic rings. The summed E-state index contributed by atoms with van der Waals surface area (Å²) in [6.07, 6.45) is 2.33. The number of anilines is 6. The number of rotatable bonds is 9. The number of ether oxygens (including phenoxy) is 2. The Bertz CT molecular complexity index is 2000. The van der Waals surface area contributed by atoms with Crippen LogP contribution in [0.3, 0.4) is 0 Å². The van der Waals surface area contributed by atoms with Crippen molar-refractivity contribution in [1.29, 1.82) is 0 Å². The number of fused-ring (bicyclic) bond motifs is 1. The molecule has 0 saturated heterocycles. The van der Waals surface area contributed by atoms with Gasteiger partial charge < -0.3 is 24.3 Å². The molecule has 5 rings (SSSR count). The third-order valence-corrected chi connectivity index (χ3v) is 9.15. The summed E-state index contributed by atoms with van der Waals surface area (Å²) in [5, 5.41) is 2.59. The summed E-state index contributed by atoms with van der Waals surface area (Å²) in [6.45, 7) is 7.13. The number of carbonyl (C=O) groups excluding carboxylic acids is 1. The molecule has 0 saturated carbocycles. The van der Waals surface area contributed by atoms with Gasteiger partial charge in [0.2, 0.25) is 11.9 Å². The highest BCUT2D eigenvalue weighted by Crippen LogP contribution is 2.33. The number of imidazole rings is 1. The number of aryl methyl sites for hydroxylation is 1. The van der Waals surface area contributed by atoms with Crippen LogP contribution in [0.25, 0.3) is 11.0 Å². The third-order valence-electron chi connectivity index (χ3n) is 7.60. The van der Waals surface area contributed by atoms with Crippen LogP contribution in [-0.2, 0) is 21.6 Å². The fraction of sp³-hybridized carbons (Fsp3) is 0.294. The van der Waals surface area contributed by atoms with Crippen molar-refractivity contribution >= 4 is 61.7 Å². The first-order valence-electron chi connectivity index (χ1n) is 14.9. The Morgan fingerprint density at radius 1 is 0.957 bits per heavy atom. The van der Waals surface area contributed by atoms with E-state index < -0.39 is 26.8 Å². The van der Waals surface area contributed by atoms with Crippen LogP contribution < -0.4 is 19.9 Å². The van der Waals surface area contributed by atoms with Gasteiger partial charge in [-0.05, 0) is 93.9 Å². The van der Waals surface area contributed by atoms with Gasteiger partial charge in [-0.2, -0.15) is 4.98 Å². The molecule has 1 atom stereocenters. The van der Waals surface area contributed by atoms with E-state index in [-0.39, 0.29) is 0 Å². The monoisotopic (exact) mass is 657 g/mol. The van der Waals surface area contributed by atoms with Crippen molar-refractivity contribution < 1.29 is 22.7 Å². The van der Waals surface area contributed by atoms with Crippen LogP contribution in [0.1, 0.15) is 38.5 Å². The molecule has 1 unspecified atom stereocenters. The predicted octanol–water partition coefficient (Wildman–Crippen LogP) is 7.06. The Kier molecular flexibility index (Phi) is 9.12. The molecule has 47 heavy (non-hydrogen) atoms. The molecule has 0 aliphatic rings. The summed E-state index contributed by atoms with van der Waals surface area (Å²) >= 11 is 0. The van der Waals surface area contributed by atoms with E-state index in [4.69, 9.17) is 14.5 Å². The number of amides is 1. The molecule has 3 aromatic carbocycles. The lowest BCUT2D eigenvalue weighted by molar-refractivity contribution is 0.0596. The highest BCUT2D eigenvalue weighted by Gasteiger charge is 2.29. The lowest BCUT2D eigenvalue weighted by atomic mass is 10.1. The van der Waals surface area contributed by atoms with Gasteiger partial charge in [0.05, 0.1) is 29.1 Å². The summed E-state index contributed by atoms with van der Waals surface area (Å²) in [4.78, 5) is 30.8. The minimum Gasteiger partial charge on any atom is -0.497 e. The van der Waals surface area contributed by atoms with Gasteiger partial charge in [-0.15, -0.1) is 0 Å². The summed E-state index contributed by atoms with van der Waals surface area (Å²) in [6, 6.07) is 21.9. The van der Waals surface area contributed by atoms with Crippen molar-refractivity contribution in [1.82, 2.24) is 19.5 Å². The topological polar surface area (TPSA) is 132 Å². The number of sulfone groups is 1. The van der Waals surface area contributed by atoms with Crippen molar-refractivity contribution in [3.05, 3.63) is 84.6 Å². The van der Waals surface area contributed by atoms with E-state index in [0.29, 0.717) is 40.2 Å². The van der Waals surface area contributed by atoms with E-state index >= 15 is 0 Å². The van der Waals surface area contributed by atoms with Gasteiger partial charge in [0, 0.05) is 37.9 Å². The van der Waals surface area contributed by atoms with Gasteiger partial charge in [0.25, 0.3) is 0 Å². The van der Waals surface area contributed by atoms with Crippen molar-refractivity contribution in [2.24, 2.45) is 7.05 Å². The summed E-state index contributed by atoms with van der Waals surface area (Å²) in [5.41, 5.74) is 3.60. The summed E-state index contributed by atoms with van der Waals surface area (Å²) < 4.78 is 36.8. The lowest BCUT2D eigenvalue weighted by Crippen LogP contribution is -2.35. The van der Waals surface area contributed by atoms with E-state index in [0.717, 1.165) is 16.9 Å². The number of nitrogens with one attached hydrogen (secondary N) is 1. The van der Waals surface area contributed by atoms with E-state index in [2.05, 4.69) is 15.3 Å². The average molecular weight is 658 g/mol. The maximum Gasteiger partial charge on any atom is 0.421 e. The minimum absolute atomic E-state index is 0.381. The number of hydrogen-bond donors (Lipinski definition) is 1. The van der Waals surface area contributed by atoms with E-state index in [1.54, 1.807) is 74.8 Å². The van der Waals surface area contributed by atoms with Crippen LogP contribution in [0.15, 0.2) is 79.0 Å². The number of benzene rings is 3. The molecular weight excluding hydrogens is 618 g/mol. The molecule has 13 heteroatoms. The number of aromatic nitrogens is 4. The Labute approximate surface area is 274 Å². The molecule has 2 aromatic heterocycles. The van der Waals surface area contributed by atoms with Gasteiger partial charge >= 0.3 is 6.09 Å². The molecule has 246 valence electrons. The minimum atomic E-state index is -3.20. The average Bonchev–Trinajstić information content (AvgIpc) is 3.34. The number of carbonyl (C=O) groups is 1. The van der Waals surface area contributed by atoms with Gasteiger partial charge in [0.1, 0.15) is 17.2 Å². The maximum atomic E-state index is 13.5. The Morgan fingerprint density at radius 3 is 2.23 bits per heavy atom. The molecule has 0 spiro atoms. The van der Waals surface area contributed by atoms with Crippen LogP contribution in [-0.4, -0.2) is 60.0 Å². The molecule has 0 bridgehead atoms. The first-order valence-corrected chi connectivity index (χ1v) is 16.9. The second-order valence-electron chi connectivity index (χ2n) is 12.2. The second kappa shape index (κ2) is 12.9. The van der Waals surface area contributed by atoms with Gasteiger partial charge in [-0.1, -0.05) is 12.1 Å². The Balaban J connectivity index is 1.42. The Morgan fingerprint density at radius 2 is 1.62 bits per heavy atom. The van der Waals surface area contributed by atoms with Gasteiger partial charge in [-0.25, -0.2) is 28.1 Å². The highest BCUT2D eigenvalue weighted by molar-refractivity contribution is 7.90. The SMILES string of the molecule is COc1ccc(N(C(=O)OC(C)(C)C)c2nc3cc(N(C)c4ccnc(Nc5ccc(C(C)S(C)(=O)=O)cc5)n4)ccc3n2C)cc1. The lowest BCUT2D eigenvalue weighted by Gasteiger charge is -2.26. The summed E-state index contributed by atoms with van der Waals surface area (Å²) in [5.74, 6) is 2.07. The first-order chi connectivity index (χ1) is 22.1. The van der Waals surface area contributed by atoms with Crippen molar-refractivity contribution in [3.63, 3.8) is 0 Å². The molecule has 2 heterocycles. The molecule has 0 aliphatic carbocycles. The standard InChI is InChI=1S/C34H39N7O5S/c1-22(47(8,43)44)23-9-11-24(12-10-23)36-31-35-20-19-30(38-31)39(5)26-15-18-29-28(21-26)37-32(40(29)6)41(33(42)46-34(2,3)4)25-13-16-27(45-7)17-14-25/h9-22H,1-8H3,(H,35,36,38). The van der Waals surface area contributed by atoms with Crippen LogP contribution in [0.2, 0.25) is 0 Å².